The highest BCUT2D eigenvalue weighted by Crippen LogP contribution is 2.08. The van der Waals surface area contributed by atoms with Crippen molar-refractivity contribution in [1.82, 2.24) is 0 Å². The van der Waals surface area contributed by atoms with Crippen molar-refractivity contribution in [2.45, 2.75) is 18.9 Å². The van der Waals surface area contributed by atoms with Gasteiger partial charge in [-0.25, -0.2) is 4.39 Å². The molecule has 0 saturated carbocycles. The lowest BCUT2D eigenvalue weighted by molar-refractivity contribution is -0.684. The molecule has 6 nitrogen and oxygen atoms in total. The minimum atomic E-state index is -1.27. The van der Waals surface area contributed by atoms with Crippen LogP contribution in [-0.4, -0.2) is 31.0 Å². The molecule has 110 valence electrons. The number of aliphatic carboxylic acids is 1. The van der Waals surface area contributed by atoms with E-state index in [9.17, 15) is 19.1 Å². The van der Waals surface area contributed by atoms with Crippen LogP contribution in [0.5, 0.6) is 0 Å². The van der Waals surface area contributed by atoms with Crippen LogP contribution in [-0.2, 0) is 9.59 Å². The number of amides is 1. The van der Waals surface area contributed by atoms with Gasteiger partial charge in [0.2, 0.25) is 5.91 Å². The summed E-state index contributed by atoms with van der Waals surface area (Å²) in [5.74, 6) is -2.13. The molecule has 1 rings (SSSR count). The summed E-state index contributed by atoms with van der Waals surface area (Å²) in [5, 5.41) is 15.0. The molecule has 0 aliphatic rings. The fourth-order valence-corrected chi connectivity index (χ4v) is 1.67. The number of nitrogens with two attached hydrogens (primary N) is 1. The smallest absolute Gasteiger partial charge is 0.230 e. The third kappa shape index (κ3) is 5.77. The van der Waals surface area contributed by atoms with E-state index in [1.165, 1.54) is 24.3 Å². The third-order valence-corrected chi connectivity index (χ3v) is 2.74. The van der Waals surface area contributed by atoms with E-state index in [4.69, 9.17) is 0 Å². The van der Waals surface area contributed by atoms with E-state index >= 15 is 0 Å². The highest BCUT2D eigenvalue weighted by Gasteiger charge is 2.18. The quantitative estimate of drug-likeness (QED) is 0.457. The van der Waals surface area contributed by atoms with E-state index in [-0.39, 0.29) is 6.42 Å². The van der Waals surface area contributed by atoms with Gasteiger partial charge in [-0.2, -0.15) is 0 Å². The summed E-state index contributed by atoms with van der Waals surface area (Å²) in [7, 11) is 0. The van der Waals surface area contributed by atoms with E-state index < -0.39 is 23.7 Å². The van der Waals surface area contributed by atoms with Gasteiger partial charge in [-0.05, 0) is 24.3 Å². The first-order chi connectivity index (χ1) is 9.52. The number of anilines is 1. The SMILES string of the molecule is [NH3+]CCC[NH2+][C@H](CC(=O)Nc1ccc(F)cc1)C(=O)[O-]. The Kier molecular flexibility index (Phi) is 6.61. The Morgan fingerprint density at radius 1 is 1.35 bits per heavy atom. The summed E-state index contributed by atoms with van der Waals surface area (Å²) >= 11 is 0. The second kappa shape index (κ2) is 8.23. The van der Waals surface area contributed by atoms with Crippen molar-refractivity contribution in [3.8, 4) is 0 Å². The van der Waals surface area contributed by atoms with Crippen LogP contribution in [0, 0.1) is 5.82 Å². The Labute approximate surface area is 116 Å². The molecule has 1 amide bonds. The summed E-state index contributed by atoms with van der Waals surface area (Å²) in [6, 6.07) is 4.32. The zero-order valence-corrected chi connectivity index (χ0v) is 11.1. The molecular formula is C13H19FN3O3+. The third-order valence-electron chi connectivity index (χ3n) is 2.74. The van der Waals surface area contributed by atoms with Gasteiger partial charge in [0.05, 0.1) is 25.5 Å². The Hall–Kier alpha value is -1.99. The molecule has 0 saturated heterocycles. The predicted molar refractivity (Wildman–Crippen MR) is 67.6 cm³/mol. The largest absolute Gasteiger partial charge is 0.544 e. The zero-order valence-electron chi connectivity index (χ0n) is 11.1. The molecule has 0 aliphatic carbocycles. The highest BCUT2D eigenvalue weighted by molar-refractivity contribution is 5.93. The number of hydrogen-bond donors (Lipinski definition) is 3. The van der Waals surface area contributed by atoms with Crippen molar-refractivity contribution in [1.29, 1.82) is 0 Å². The van der Waals surface area contributed by atoms with Crippen molar-refractivity contribution in [3.63, 3.8) is 0 Å². The first-order valence-electron chi connectivity index (χ1n) is 6.41. The van der Waals surface area contributed by atoms with Crippen LogP contribution in [0.15, 0.2) is 24.3 Å². The van der Waals surface area contributed by atoms with Crippen LogP contribution in [0.1, 0.15) is 12.8 Å². The minimum absolute atomic E-state index is 0.198. The topological polar surface area (TPSA) is 113 Å². The number of carboxylic acid groups (broad SMARTS) is 1. The number of nitrogens with one attached hydrogen (secondary N) is 1. The molecule has 20 heavy (non-hydrogen) atoms. The molecule has 0 fully saturated rings. The van der Waals surface area contributed by atoms with Crippen LogP contribution in [0.25, 0.3) is 0 Å². The van der Waals surface area contributed by atoms with E-state index in [1.54, 1.807) is 5.32 Å². The summed E-state index contributed by atoms with van der Waals surface area (Å²) in [4.78, 5) is 22.7. The fraction of sp³-hybridized carbons (Fsp3) is 0.385. The zero-order chi connectivity index (χ0) is 15.0. The van der Waals surface area contributed by atoms with Crippen molar-refractivity contribution in [2.24, 2.45) is 0 Å². The maximum Gasteiger partial charge on any atom is 0.230 e. The number of benzene rings is 1. The molecule has 0 heterocycles. The number of hydrogen-bond acceptors (Lipinski definition) is 3. The Morgan fingerprint density at radius 2 is 2.00 bits per heavy atom. The summed E-state index contributed by atoms with van der Waals surface area (Å²) < 4.78 is 12.7. The van der Waals surface area contributed by atoms with Gasteiger partial charge >= 0.3 is 0 Å². The van der Waals surface area contributed by atoms with E-state index in [0.29, 0.717) is 18.8 Å². The molecule has 0 unspecified atom stereocenters. The van der Waals surface area contributed by atoms with Crippen LogP contribution in [0.4, 0.5) is 10.1 Å². The van der Waals surface area contributed by atoms with E-state index in [0.717, 1.165) is 6.42 Å². The van der Waals surface area contributed by atoms with Crippen molar-refractivity contribution in [3.05, 3.63) is 30.1 Å². The van der Waals surface area contributed by atoms with Crippen LogP contribution in [0.3, 0.4) is 0 Å². The average Bonchev–Trinajstić information content (AvgIpc) is 2.40. The van der Waals surface area contributed by atoms with Crippen molar-refractivity contribution >= 4 is 17.6 Å². The molecule has 0 bridgehead atoms. The Balaban J connectivity index is 2.48. The standard InChI is InChI=1S/C13H18FN3O3/c14-9-2-4-10(5-3-9)17-12(18)8-11(13(19)20)16-7-1-6-15/h2-5,11,16H,1,6-8,15H2,(H,17,18)(H,19,20)/p+1/t11-/m1/s1. The fourth-order valence-electron chi connectivity index (χ4n) is 1.67. The van der Waals surface area contributed by atoms with Gasteiger partial charge in [0, 0.05) is 12.1 Å². The molecule has 0 aromatic heterocycles. The average molecular weight is 284 g/mol. The molecule has 6 N–H and O–H groups in total. The Bertz CT molecular complexity index is 451. The number of rotatable bonds is 8. The molecule has 0 radical (unpaired) electrons. The summed E-state index contributed by atoms with van der Waals surface area (Å²) in [6.45, 7) is 1.28. The number of carboxylic acids is 1. The Morgan fingerprint density at radius 3 is 2.55 bits per heavy atom. The minimum Gasteiger partial charge on any atom is -0.544 e. The lowest BCUT2D eigenvalue weighted by atomic mass is 10.2. The first-order valence-corrected chi connectivity index (χ1v) is 6.41. The molecule has 0 spiro atoms. The van der Waals surface area contributed by atoms with Crippen molar-refractivity contribution < 1.29 is 30.1 Å². The van der Waals surface area contributed by atoms with Gasteiger partial charge in [-0.1, -0.05) is 0 Å². The molecule has 1 atom stereocenters. The molecule has 0 aliphatic heterocycles. The molecule has 7 heteroatoms. The summed E-state index contributed by atoms with van der Waals surface area (Å²) in [5.41, 5.74) is 4.08. The monoisotopic (exact) mass is 284 g/mol. The van der Waals surface area contributed by atoms with E-state index in [2.05, 4.69) is 11.1 Å². The normalized spacial score (nSPS) is 11.9. The molecule has 1 aromatic rings. The predicted octanol–water partition coefficient (Wildman–Crippen LogP) is -2.53. The highest BCUT2D eigenvalue weighted by atomic mass is 19.1. The van der Waals surface area contributed by atoms with Crippen LogP contribution < -0.4 is 21.5 Å². The van der Waals surface area contributed by atoms with Gasteiger partial charge in [-0.3, -0.25) is 4.79 Å². The second-order valence-corrected chi connectivity index (χ2v) is 4.42. The van der Waals surface area contributed by atoms with Gasteiger partial charge in [-0.15, -0.1) is 0 Å². The summed E-state index contributed by atoms with van der Waals surface area (Å²) in [6.07, 6.45) is 0.570. The number of carbonyl (C=O) groups is 2. The lowest BCUT2D eigenvalue weighted by Gasteiger charge is -2.16. The number of halogens is 1. The lowest BCUT2D eigenvalue weighted by Crippen LogP contribution is -2.93. The van der Waals surface area contributed by atoms with Gasteiger partial charge in [0.15, 0.2) is 0 Å². The first kappa shape index (κ1) is 16.1. The van der Waals surface area contributed by atoms with Crippen molar-refractivity contribution in [2.75, 3.05) is 18.4 Å². The maximum atomic E-state index is 12.7. The van der Waals surface area contributed by atoms with Gasteiger partial charge in [0.1, 0.15) is 11.9 Å². The molecule has 1 aromatic carbocycles. The molecular weight excluding hydrogens is 265 g/mol. The van der Waals surface area contributed by atoms with Crippen LogP contribution in [0.2, 0.25) is 0 Å². The maximum absolute atomic E-state index is 12.7. The van der Waals surface area contributed by atoms with E-state index in [1.807, 2.05) is 0 Å². The van der Waals surface area contributed by atoms with Crippen LogP contribution >= 0.6 is 0 Å². The number of carbonyl (C=O) groups excluding carboxylic acids is 2. The van der Waals surface area contributed by atoms with Gasteiger partial charge < -0.3 is 26.3 Å². The second-order valence-electron chi connectivity index (χ2n) is 4.42. The number of quaternary nitrogens is 2. The van der Waals surface area contributed by atoms with Gasteiger partial charge in [0.25, 0.3) is 0 Å².